The maximum atomic E-state index is 11.5. The number of aliphatic imine (C=N–C) groups is 1. The molecule has 5 heteroatoms. The van der Waals surface area contributed by atoms with Crippen molar-refractivity contribution in [2.45, 2.75) is 13.8 Å². The van der Waals surface area contributed by atoms with Crippen LogP contribution in [0.4, 0.5) is 16.2 Å². The fraction of sp³-hybridized carbons (Fsp3) is 0.333. The van der Waals surface area contributed by atoms with Gasteiger partial charge in [0.05, 0.1) is 5.84 Å². The van der Waals surface area contributed by atoms with E-state index in [-0.39, 0.29) is 6.61 Å². The van der Waals surface area contributed by atoms with Crippen molar-refractivity contribution < 1.29 is 9.53 Å². The number of carbonyl (C=O) groups excluding carboxylic acids is 1. The molecule has 0 saturated heterocycles. The fourth-order valence-electron chi connectivity index (χ4n) is 1.48. The molecule has 1 rings (SSSR count). The molecule has 0 fully saturated rings. The molecule has 0 heterocycles. The summed E-state index contributed by atoms with van der Waals surface area (Å²) in [5.41, 5.74) is 1.69. The van der Waals surface area contributed by atoms with Gasteiger partial charge < -0.3 is 9.64 Å². The van der Waals surface area contributed by atoms with E-state index in [1.54, 1.807) is 13.1 Å². The van der Waals surface area contributed by atoms with Gasteiger partial charge in [0.25, 0.3) is 0 Å². The van der Waals surface area contributed by atoms with Crippen LogP contribution in [0.2, 0.25) is 0 Å². The number of benzene rings is 1. The molecule has 0 saturated carbocycles. The van der Waals surface area contributed by atoms with E-state index in [4.69, 9.17) is 4.74 Å². The van der Waals surface area contributed by atoms with E-state index in [2.05, 4.69) is 10.3 Å². The lowest BCUT2D eigenvalue weighted by Crippen LogP contribution is -2.23. The second-order valence-electron chi connectivity index (χ2n) is 4.17. The van der Waals surface area contributed by atoms with Crippen molar-refractivity contribution in [3.05, 3.63) is 36.4 Å². The molecule has 5 nitrogen and oxygen atoms in total. The third kappa shape index (κ3) is 4.76. The summed E-state index contributed by atoms with van der Waals surface area (Å²) in [7, 11) is 3.69. The summed E-state index contributed by atoms with van der Waals surface area (Å²) >= 11 is 0. The minimum atomic E-state index is -0.462. The first kappa shape index (κ1) is 15.8. The number of hydrogen-bond acceptors (Lipinski definition) is 3. The highest BCUT2D eigenvalue weighted by molar-refractivity contribution is 5.95. The second-order valence-corrected chi connectivity index (χ2v) is 4.17. The Morgan fingerprint density at radius 3 is 2.60 bits per heavy atom. The van der Waals surface area contributed by atoms with E-state index < -0.39 is 6.09 Å². The van der Waals surface area contributed by atoms with E-state index in [1.165, 1.54) is 0 Å². The first-order chi connectivity index (χ1) is 9.58. The summed E-state index contributed by atoms with van der Waals surface area (Å²) in [5.74, 6) is 0.913. The van der Waals surface area contributed by atoms with Crippen LogP contribution < -0.4 is 10.2 Å². The van der Waals surface area contributed by atoms with Gasteiger partial charge in [0.15, 0.2) is 0 Å². The van der Waals surface area contributed by atoms with Crippen LogP contribution in [-0.4, -0.2) is 32.6 Å². The summed E-state index contributed by atoms with van der Waals surface area (Å²) in [4.78, 5) is 17.6. The zero-order valence-corrected chi connectivity index (χ0v) is 12.4. The molecule has 0 aliphatic rings. The summed E-state index contributed by atoms with van der Waals surface area (Å²) in [5, 5.41) is 2.67. The van der Waals surface area contributed by atoms with Gasteiger partial charge in [-0.3, -0.25) is 10.3 Å². The molecule has 0 unspecified atom stereocenters. The van der Waals surface area contributed by atoms with Gasteiger partial charge in [0, 0.05) is 25.5 Å². The number of nitrogens with zero attached hydrogens (tertiary/aromatic N) is 2. The summed E-state index contributed by atoms with van der Waals surface area (Å²) in [6, 6.07) is 7.48. The largest absolute Gasteiger partial charge is 0.445 e. The van der Waals surface area contributed by atoms with Crippen molar-refractivity contribution in [2.24, 2.45) is 4.99 Å². The van der Waals surface area contributed by atoms with Gasteiger partial charge in [-0.1, -0.05) is 12.2 Å². The van der Waals surface area contributed by atoms with Crippen LogP contribution in [0, 0.1) is 0 Å². The number of rotatable bonds is 4. The topological polar surface area (TPSA) is 53.9 Å². The molecule has 0 atom stereocenters. The highest BCUT2D eigenvalue weighted by atomic mass is 16.5. The Hall–Kier alpha value is -2.30. The van der Waals surface area contributed by atoms with Crippen LogP contribution in [-0.2, 0) is 4.74 Å². The van der Waals surface area contributed by atoms with Gasteiger partial charge in [-0.05, 0) is 38.1 Å². The van der Waals surface area contributed by atoms with Crippen molar-refractivity contribution in [2.75, 3.05) is 30.9 Å². The van der Waals surface area contributed by atoms with Gasteiger partial charge in [0.1, 0.15) is 6.61 Å². The predicted octanol–water partition coefficient (Wildman–Crippen LogP) is 3.30. The zero-order valence-electron chi connectivity index (χ0n) is 12.4. The van der Waals surface area contributed by atoms with Gasteiger partial charge in [-0.25, -0.2) is 4.79 Å². The van der Waals surface area contributed by atoms with Crippen molar-refractivity contribution in [1.82, 2.24) is 0 Å². The molecule has 0 aromatic heterocycles. The monoisotopic (exact) mass is 275 g/mol. The third-order valence-corrected chi connectivity index (χ3v) is 2.86. The molecule has 108 valence electrons. The van der Waals surface area contributed by atoms with Crippen LogP contribution >= 0.6 is 0 Å². The van der Waals surface area contributed by atoms with E-state index >= 15 is 0 Å². The SMILES string of the molecule is C/C=C/COC(=O)Nc1ccc(N(C)C(C)=NC)cc1. The van der Waals surface area contributed by atoms with Gasteiger partial charge in [0.2, 0.25) is 0 Å². The molecule has 1 N–H and O–H groups in total. The normalized spacial score (nSPS) is 11.5. The summed E-state index contributed by atoms with van der Waals surface area (Å²) in [6.07, 6.45) is 3.13. The summed E-state index contributed by atoms with van der Waals surface area (Å²) in [6.45, 7) is 4.08. The van der Waals surface area contributed by atoms with Crippen LogP contribution in [0.15, 0.2) is 41.4 Å². The fourth-order valence-corrected chi connectivity index (χ4v) is 1.48. The quantitative estimate of drug-likeness (QED) is 0.521. The molecule has 0 aliphatic heterocycles. The minimum Gasteiger partial charge on any atom is -0.445 e. The first-order valence-corrected chi connectivity index (χ1v) is 6.40. The van der Waals surface area contributed by atoms with E-state index in [1.807, 2.05) is 56.1 Å². The number of amidine groups is 1. The molecule has 0 spiro atoms. The number of anilines is 2. The average molecular weight is 275 g/mol. The summed E-state index contributed by atoms with van der Waals surface area (Å²) < 4.78 is 4.95. The number of amides is 1. The van der Waals surface area contributed by atoms with Crippen molar-refractivity contribution in [1.29, 1.82) is 0 Å². The van der Waals surface area contributed by atoms with Crippen molar-refractivity contribution in [3.63, 3.8) is 0 Å². The number of ether oxygens (including phenoxy) is 1. The molecule has 0 radical (unpaired) electrons. The maximum Gasteiger partial charge on any atom is 0.411 e. The van der Waals surface area contributed by atoms with Crippen LogP contribution in [0.1, 0.15) is 13.8 Å². The lowest BCUT2D eigenvalue weighted by atomic mass is 10.2. The van der Waals surface area contributed by atoms with Crippen molar-refractivity contribution in [3.8, 4) is 0 Å². The van der Waals surface area contributed by atoms with Crippen molar-refractivity contribution >= 4 is 23.3 Å². The molecule has 0 aliphatic carbocycles. The molecule has 1 aromatic carbocycles. The lowest BCUT2D eigenvalue weighted by molar-refractivity contribution is 0.174. The van der Waals surface area contributed by atoms with Gasteiger partial charge in [-0.15, -0.1) is 0 Å². The van der Waals surface area contributed by atoms with Crippen LogP contribution in [0.3, 0.4) is 0 Å². The molecule has 1 aromatic rings. The third-order valence-electron chi connectivity index (χ3n) is 2.86. The Labute approximate surface area is 120 Å². The first-order valence-electron chi connectivity index (χ1n) is 6.40. The predicted molar refractivity (Wildman–Crippen MR) is 83.7 cm³/mol. The highest BCUT2D eigenvalue weighted by Crippen LogP contribution is 2.17. The Balaban J connectivity index is 2.60. The smallest absolute Gasteiger partial charge is 0.411 e. The molecule has 1 amide bonds. The van der Waals surface area contributed by atoms with Gasteiger partial charge in [-0.2, -0.15) is 0 Å². The number of carbonyl (C=O) groups is 1. The molecular formula is C15H21N3O2. The van der Waals surface area contributed by atoms with E-state index in [9.17, 15) is 4.79 Å². The molecular weight excluding hydrogens is 254 g/mol. The van der Waals surface area contributed by atoms with Crippen LogP contribution in [0.5, 0.6) is 0 Å². The Morgan fingerprint density at radius 1 is 1.40 bits per heavy atom. The lowest BCUT2D eigenvalue weighted by Gasteiger charge is -2.18. The second kappa shape index (κ2) is 7.99. The zero-order chi connectivity index (χ0) is 15.0. The Morgan fingerprint density at radius 2 is 2.05 bits per heavy atom. The average Bonchev–Trinajstić information content (AvgIpc) is 2.46. The van der Waals surface area contributed by atoms with E-state index in [0.29, 0.717) is 5.69 Å². The standard InChI is InChI=1S/C15H21N3O2/c1-5-6-11-20-15(19)17-13-7-9-14(10-8-13)18(4)12(2)16-3/h5-10H,11H2,1-4H3,(H,17,19)/b6-5+,16-12?. The minimum absolute atomic E-state index is 0.273. The molecule has 0 bridgehead atoms. The number of hydrogen-bond donors (Lipinski definition) is 1. The Bertz CT molecular complexity index is 492. The van der Waals surface area contributed by atoms with E-state index in [0.717, 1.165) is 11.5 Å². The number of allylic oxidation sites excluding steroid dienone is 1. The van der Waals surface area contributed by atoms with Crippen LogP contribution in [0.25, 0.3) is 0 Å². The molecule has 20 heavy (non-hydrogen) atoms. The van der Waals surface area contributed by atoms with Gasteiger partial charge >= 0.3 is 6.09 Å². The maximum absolute atomic E-state index is 11.5. The highest BCUT2D eigenvalue weighted by Gasteiger charge is 2.05. The Kier molecular flexibility index (Phi) is 6.29. The number of nitrogens with one attached hydrogen (secondary N) is 1.